The van der Waals surface area contributed by atoms with Crippen LogP contribution in [0.1, 0.15) is 19.5 Å². The Labute approximate surface area is 186 Å². The summed E-state index contributed by atoms with van der Waals surface area (Å²) in [4.78, 5) is 9.91. The monoisotopic (exact) mass is 508 g/mol. The Morgan fingerprint density at radius 1 is 1.03 bits per heavy atom. The number of aliphatic hydroxyl groups excluding tert-OH is 1. The van der Waals surface area contributed by atoms with Crippen LogP contribution in [0.5, 0.6) is 23.0 Å². The Bertz CT molecular complexity index is 1010. The predicted molar refractivity (Wildman–Crippen MR) is 101 cm³/mol. The number of anilines is 1. The zero-order valence-electron chi connectivity index (χ0n) is 15.6. The summed E-state index contributed by atoms with van der Waals surface area (Å²) in [5, 5.41) is 35.4. The predicted octanol–water partition coefficient (Wildman–Crippen LogP) is 2.31. The van der Waals surface area contributed by atoms with Crippen molar-refractivity contribution in [2.45, 2.75) is 6.92 Å². The molecule has 0 radical (unpaired) electrons. The maximum Gasteiger partial charge on any atom is 0.291 e. The van der Waals surface area contributed by atoms with E-state index in [4.69, 9.17) is 40.3 Å². The van der Waals surface area contributed by atoms with Gasteiger partial charge in [-0.25, -0.2) is 0 Å². The normalized spacial score (nSPS) is 11.3. The van der Waals surface area contributed by atoms with Crippen molar-refractivity contribution in [3.63, 3.8) is 0 Å². The average molecular weight is 509 g/mol. The number of nitrogen functional groups attached to an aromatic ring is 1. The molecule has 4 rings (SSSR count). The van der Waals surface area contributed by atoms with Crippen molar-refractivity contribution >= 4 is 11.4 Å². The van der Waals surface area contributed by atoms with Gasteiger partial charge in [0.05, 0.1) is 22.2 Å². The minimum Gasteiger partial charge on any atom is -0.454 e. The molecule has 162 valence electrons. The Balaban J connectivity index is 0.000000491. The van der Waals surface area contributed by atoms with Gasteiger partial charge in [-0.05, 0) is 6.92 Å². The maximum absolute atomic E-state index is 10.5. The molecule has 0 amide bonds. The first-order chi connectivity index (χ1) is 13.9. The number of nitriles is 2. The number of hydrogen-bond donors (Lipinski definition) is 2. The van der Waals surface area contributed by atoms with Crippen LogP contribution in [0.15, 0.2) is 24.3 Å². The minimum atomic E-state index is -0.624. The van der Waals surface area contributed by atoms with Crippen LogP contribution in [0.25, 0.3) is 0 Å². The number of hydrogen-bond acceptors (Lipinski definition) is 10. The van der Waals surface area contributed by atoms with Crippen LogP contribution < -0.4 is 24.7 Å². The van der Waals surface area contributed by atoms with Crippen molar-refractivity contribution in [2.75, 3.05) is 25.9 Å². The van der Waals surface area contributed by atoms with Crippen molar-refractivity contribution < 1.29 is 50.8 Å². The second kappa shape index (κ2) is 11.4. The third-order valence-electron chi connectivity index (χ3n) is 3.47. The largest absolute Gasteiger partial charge is 0.454 e. The molecule has 0 bridgehead atoms. The molecule has 0 aromatic heterocycles. The molecule has 0 atom stereocenters. The van der Waals surface area contributed by atoms with Crippen molar-refractivity contribution in [1.29, 1.82) is 10.5 Å². The fourth-order valence-corrected chi connectivity index (χ4v) is 2.23. The fraction of sp³-hybridized carbons (Fsp3) is 0.222. The third kappa shape index (κ3) is 5.72. The van der Waals surface area contributed by atoms with Gasteiger partial charge >= 0.3 is 0 Å². The summed E-state index contributed by atoms with van der Waals surface area (Å²) < 4.78 is 20.1. The molecule has 2 aliphatic heterocycles. The molecule has 11 nitrogen and oxygen atoms in total. The molecule has 12 heteroatoms. The Morgan fingerprint density at radius 2 is 1.43 bits per heavy atom. The Morgan fingerprint density at radius 3 is 1.87 bits per heavy atom. The summed E-state index contributed by atoms with van der Waals surface area (Å²) >= 11 is 0. The van der Waals surface area contributed by atoms with Crippen LogP contribution in [0.2, 0.25) is 0 Å². The van der Waals surface area contributed by atoms with Crippen LogP contribution in [0.4, 0.5) is 11.4 Å². The van der Waals surface area contributed by atoms with E-state index in [2.05, 4.69) is 0 Å². The molecule has 0 saturated heterocycles. The smallest absolute Gasteiger partial charge is 0.291 e. The first-order valence-electron chi connectivity index (χ1n) is 8.13. The van der Waals surface area contributed by atoms with Gasteiger partial charge < -0.3 is 29.8 Å². The number of aliphatic hydroxyl groups is 1. The first-order valence-corrected chi connectivity index (χ1v) is 8.13. The second-order valence-electron chi connectivity index (χ2n) is 5.31. The third-order valence-corrected chi connectivity index (χ3v) is 3.47. The molecule has 3 N–H and O–H groups in total. The van der Waals surface area contributed by atoms with Gasteiger partial charge in [-0.3, -0.25) is 10.1 Å². The molecule has 2 heterocycles. The van der Waals surface area contributed by atoms with Crippen molar-refractivity contribution in [3.05, 3.63) is 45.5 Å². The van der Waals surface area contributed by atoms with Gasteiger partial charge in [-0.15, -0.1) is 0 Å². The zero-order chi connectivity index (χ0) is 21.4. The standard InChI is InChI=1S/C8H4N2O4.C8H6N2O2.C2H6O.Pd.H2/c9-3-5-1-7-8(14-4-13-7)2-6(5)10(11)12;9-3-5-1-7-8(2-6(5)10)12-4-11-7;1-2-3;;/h1-2H,4H2;1-2H,4,10H2;3H,2H2,1H3;;1H. The number of fused-ring (bicyclic) bond motifs is 2. The SMILES string of the molecule is CCO.N#Cc1cc2c(cc1N)OCO2.N#Cc1cc2c(cc1[N+](=O)[O-])OCO2.[HH].[Pd]. The Hall–Kier alpha value is -3.56. The molecular formula is C18H18N4O7Pd. The molecule has 0 unspecified atom stereocenters. The second-order valence-corrected chi connectivity index (χ2v) is 5.31. The van der Waals surface area contributed by atoms with Gasteiger partial charge in [0.15, 0.2) is 23.0 Å². The molecule has 0 saturated carbocycles. The van der Waals surface area contributed by atoms with Crippen LogP contribution >= 0.6 is 0 Å². The van der Waals surface area contributed by atoms with Gasteiger partial charge in [0.2, 0.25) is 13.6 Å². The summed E-state index contributed by atoms with van der Waals surface area (Å²) in [7, 11) is 0. The summed E-state index contributed by atoms with van der Waals surface area (Å²) in [5.41, 5.74) is 6.08. The number of ether oxygens (including phenoxy) is 4. The molecule has 0 fully saturated rings. The van der Waals surface area contributed by atoms with Crippen LogP contribution in [-0.4, -0.2) is 30.2 Å². The first kappa shape index (κ1) is 24.5. The zero-order valence-corrected chi connectivity index (χ0v) is 17.1. The van der Waals surface area contributed by atoms with E-state index in [1.165, 1.54) is 12.1 Å². The minimum absolute atomic E-state index is 0. The van der Waals surface area contributed by atoms with E-state index in [0.29, 0.717) is 34.2 Å². The van der Waals surface area contributed by atoms with Gasteiger partial charge in [0, 0.05) is 46.7 Å². The molecule has 2 aromatic rings. The number of nitro groups is 1. The maximum atomic E-state index is 10.5. The quantitative estimate of drug-likeness (QED) is 0.252. The molecule has 30 heavy (non-hydrogen) atoms. The fourth-order valence-electron chi connectivity index (χ4n) is 2.23. The molecule has 2 aliphatic rings. The van der Waals surface area contributed by atoms with Crippen molar-refractivity contribution in [1.82, 2.24) is 0 Å². The van der Waals surface area contributed by atoms with E-state index in [0.717, 1.165) is 0 Å². The molecule has 0 spiro atoms. The van der Waals surface area contributed by atoms with Gasteiger partial charge in [0.25, 0.3) is 5.69 Å². The van der Waals surface area contributed by atoms with E-state index >= 15 is 0 Å². The van der Waals surface area contributed by atoms with E-state index in [1.54, 1.807) is 25.1 Å². The van der Waals surface area contributed by atoms with E-state index < -0.39 is 4.92 Å². The molecule has 0 aliphatic carbocycles. The summed E-state index contributed by atoms with van der Waals surface area (Å²) in [6, 6.07) is 9.37. The van der Waals surface area contributed by atoms with E-state index in [1.807, 2.05) is 6.07 Å². The van der Waals surface area contributed by atoms with Gasteiger partial charge in [-0.1, -0.05) is 0 Å². The number of nitrogens with two attached hydrogens (primary N) is 1. The summed E-state index contributed by atoms with van der Waals surface area (Å²) in [6.45, 7) is 2.16. The van der Waals surface area contributed by atoms with Crippen LogP contribution in [0, 0.1) is 32.8 Å². The van der Waals surface area contributed by atoms with Crippen molar-refractivity contribution in [2.24, 2.45) is 0 Å². The van der Waals surface area contributed by atoms with E-state index in [-0.39, 0.29) is 53.3 Å². The summed E-state index contributed by atoms with van der Waals surface area (Å²) in [6.07, 6.45) is 0. The summed E-state index contributed by atoms with van der Waals surface area (Å²) in [5.74, 6) is 1.86. The molecular weight excluding hydrogens is 491 g/mol. The topological polar surface area (TPSA) is 174 Å². The number of nitro benzene ring substituents is 1. The van der Waals surface area contributed by atoms with Crippen molar-refractivity contribution in [3.8, 4) is 35.1 Å². The van der Waals surface area contributed by atoms with Gasteiger partial charge in [-0.2, -0.15) is 10.5 Å². The number of benzene rings is 2. The molecule has 2 aromatic carbocycles. The number of nitrogens with zero attached hydrogens (tertiary/aromatic N) is 3. The van der Waals surface area contributed by atoms with E-state index in [9.17, 15) is 10.1 Å². The Kier molecular flexibility index (Phi) is 9.34. The van der Waals surface area contributed by atoms with Gasteiger partial charge in [0.1, 0.15) is 17.7 Å². The van der Waals surface area contributed by atoms with Crippen LogP contribution in [-0.2, 0) is 20.4 Å². The van der Waals surface area contributed by atoms with Crippen LogP contribution in [0.3, 0.4) is 0 Å². The number of rotatable bonds is 1. The average Bonchev–Trinajstić information content (AvgIpc) is 3.35.